The van der Waals surface area contributed by atoms with Crippen molar-refractivity contribution in [2.45, 2.75) is 13.1 Å². The Morgan fingerprint density at radius 1 is 1.32 bits per heavy atom. The number of oxime groups is 1. The molecule has 1 aromatic carbocycles. The molecule has 2 rings (SSSR count). The summed E-state index contributed by atoms with van der Waals surface area (Å²) in [5.41, 5.74) is -0.0122. The van der Waals surface area contributed by atoms with Gasteiger partial charge in [-0.3, -0.25) is 0 Å². The summed E-state index contributed by atoms with van der Waals surface area (Å²) in [5.74, 6) is 0.153. The molecule has 1 aromatic heterocycles. The maximum absolute atomic E-state index is 12.5. The van der Waals surface area contributed by atoms with Crippen LogP contribution in [-0.4, -0.2) is 15.9 Å². The van der Waals surface area contributed by atoms with E-state index in [4.69, 9.17) is 21.5 Å². The Bertz CT molecular complexity index is 717. The lowest BCUT2D eigenvalue weighted by atomic mass is 10.1. The summed E-state index contributed by atoms with van der Waals surface area (Å²) >= 11 is 5.76. The Balaban J connectivity index is 2.28. The van der Waals surface area contributed by atoms with Crippen molar-refractivity contribution in [3.8, 4) is 11.6 Å². The lowest BCUT2D eigenvalue weighted by molar-refractivity contribution is -0.137. The standard InChI is InChI=1S/C14H10ClF3N2O2/c1-8(20-21)9-3-2-4-11(5-9)22-13-12(15)6-10(7-19-13)14(16,17)18/h2-7,21H,1H3/b20-8-. The van der Waals surface area contributed by atoms with Crippen molar-refractivity contribution in [1.82, 2.24) is 4.98 Å². The molecule has 116 valence electrons. The summed E-state index contributed by atoms with van der Waals surface area (Å²) < 4.78 is 43.0. The Morgan fingerprint density at radius 2 is 2.05 bits per heavy atom. The van der Waals surface area contributed by atoms with Gasteiger partial charge in [0.1, 0.15) is 10.8 Å². The lowest BCUT2D eigenvalue weighted by Crippen LogP contribution is -2.05. The SMILES string of the molecule is C/C(=N/O)c1cccc(Oc2ncc(C(F)(F)F)cc2Cl)c1. The number of hydrogen-bond acceptors (Lipinski definition) is 4. The van der Waals surface area contributed by atoms with Crippen LogP contribution in [0, 0.1) is 0 Å². The van der Waals surface area contributed by atoms with Gasteiger partial charge in [0.2, 0.25) is 5.88 Å². The van der Waals surface area contributed by atoms with E-state index in [1.807, 2.05) is 0 Å². The monoisotopic (exact) mass is 330 g/mol. The van der Waals surface area contributed by atoms with E-state index >= 15 is 0 Å². The van der Waals surface area contributed by atoms with Gasteiger partial charge >= 0.3 is 6.18 Å². The molecule has 0 saturated heterocycles. The van der Waals surface area contributed by atoms with E-state index in [1.165, 1.54) is 0 Å². The van der Waals surface area contributed by atoms with Crippen molar-refractivity contribution in [1.29, 1.82) is 0 Å². The number of rotatable bonds is 3. The van der Waals surface area contributed by atoms with Crippen LogP contribution in [0.4, 0.5) is 13.2 Å². The Morgan fingerprint density at radius 3 is 2.64 bits per heavy atom. The Hall–Kier alpha value is -2.28. The quantitative estimate of drug-likeness (QED) is 0.502. The maximum atomic E-state index is 12.5. The molecular weight excluding hydrogens is 321 g/mol. The first-order valence-corrected chi connectivity index (χ1v) is 6.38. The van der Waals surface area contributed by atoms with Crippen LogP contribution in [-0.2, 0) is 6.18 Å². The predicted octanol–water partition coefficient (Wildman–Crippen LogP) is 4.74. The second-order valence-corrected chi connectivity index (χ2v) is 4.73. The highest BCUT2D eigenvalue weighted by Crippen LogP contribution is 2.34. The topological polar surface area (TPSA) is 54.7 Å². The van der Waals surface area contributed by atoms with Crippen LogP contribution in [0.3, 0.4) is 0 Å². The van der Waals surface area contributed by atoms with Crippen molar-refractivity contribution in [2.75, 3.05) is 0 Å². The summed E-state index contributed by atoms with van der Waals surface area (Å²) in [6, 6.07) is 7.18. The molecule has 0 atom stereocenters. The van der Waals surface area contributed by atoms with Crippen LogP contribution in [0.1, 0.15) is 18.1 Å². The Kier molecular flexibility index (Phi) is 4.56. The molecule has 0 aliphatic heterocycles. The summed E-state index contributed by atoms with van der Waals surface area (Å²) in [6.45, 7) is 1.59. The average molecular weight is 331 g/mol. The van der Waals surface area contributed by atoms with Gasteiger partial charge in [-0.25, -0.2) is 4.98 Å². The van der Waals surface area contributed by atoms with Gasteiger partial charge in [0.25, 0.3) is 0 Å². The molecule has 0 spiro atoms. The third-order valence-corrected chi connectivity index (χ3v) is 3.02. The summed E-state index contributed by atoms with van der Waals surface area (Å²) in [4.78, 5) is 3.58. The molecule has 0 saturated carbocycles. The molecule has 0 fully saturated rings. The highest BCUT2D eigenvalue weighted by atomic mass is 35.5. The first-order valence-electron chi connectivity index (χ1n) is 6.01. The van der Waals surface area contributed by atoms with Gasteiger partial charge in [0, 0.05) is 11.8 Å². The van der Waals surface area contributed by atoms with E-state index < -0.39 is 11.7 Å². The molecule has 1 N–H and O–H groups in total. The fraction of sp³-hybridized carbons (Fsp3) is 0.143. The number of ether oxygens (including phenoxy) is 1. The van der Waals surface area contributed by atoms with Crippen LogP contribution < -0.4 is 4.74 Å². The lowest BCUT2D eigenvalue weighted by Gasteiger charge is -2.10. The maximum Gasteiger partial charge on any atom is 0.417 e. The molecule has 1 heterocycles. The third kappa shape index (κ3) is 3.67. The summed E-state index contributed by atoms with van der Waals surface area (Å²) in [7, 11) is 0. The second kappa shape index (κ2) is 6.23. The average Bonchev–Trinajstić information content (AvgIpc) is 2.47. The van der Waals surface area contributed by atoms with E-state index in [-0.39, 0.29) is 10.9 Å². The molecule has 0 aliphatic rings. The molecule has 0 unspecified atom stereocenters. The van der Waals surface area contributed by atoms with Gasteiger partial charge in [-0.1, -0.05) is 28.9 Å². The highest BCUT2D eigenvalue weighted by Gasteiger charge is 2.31. The minimum Gasteiger partial charge on any atom is -0.438 e. The van der Waals surface area contributed by atoms with Crippen molar-refractivity contribution < 1.29 is 23.1 Å². The molecule has 2 aromatic rings. The molecule has 0 bridgehead atoms. The number of aromatic nitrogens is 1. The number of hydrogen-bond donors (Lipinski definition) is 1. The van der Waals surface area contributed by atoms with Crippen molar-refractivity contribution in [3.63, 3.8) is 0 Å². The summed E-state index contributed by atoms with van der Waals surface area (Å²) in [6.07, 6.45) is -3.88. The van der Waals surface area contributed by atoms with E-state index in [0.717, 1.165) is 6.07 Å². The minimum absolute atomic E-state index is 0.148. The largest absolute Gasteiger partial charge is 0.438 e. The Labute approximate surface area is 128 Å². The first-order chi connectivity index (χ1) is 10.3. The first kappa shape index (κ1) is 16.1. The number of nitrogens with zero attached hydrogens (tertiary/aromatic N) is 2. The highest BCUT2D eigenvalue weighted by molar-refractivity contribution is 6.31. The molecular formula is C14H10ClF3N2O2. The fourth-order valence-electron chi connectivity index (χ4n) is 1.61. The van der Waals surface area contributed by atoms with Crippen LogP contribution in [0.25, 0.3) is 0 Å². The van der Waals surface area contributed by atoms with Gasteiger partial charge in [-0.2, -0.15) is 13.2 Å². The van der Waals surface area contributed by atoms with E-state index in [2.05, 4.69) is 10.1 Å². The number of alkyl halides is 3. The van der Waals surface area contributed by atoms with E-state index in [9.17, 15) is 13.2 Å². The van der Waals surface area contributed by atoms with Crippen molar-refractivity contribution in [2.24, 2.45) is 5.16 Å². The predicted molar refractivity (Wildman–Crippen MR) is 74.8 cm³/mol. The van der Waals surface area contributed by atoms with Crippen LogP contribution in [0.2, 0.25) is 5.02 Å². The zero-order valence-electron chi connectivity index (χ0n) is 11.2. The van der Waals surface area contributed by atoms with Crippen molar-refractivity contribution in [3.05, 3.63) is 52.7 Å². The zero-order valence-corrected chi connectivity index (χ0v) is 12.0. The van der Waals surface area contributed by atoms with Gasteiger partial charge in [0.05, 0.1) is 11.3 Å². The van der Waals surface area contributed by atoms with E-state index in [1.54, 1.807) is 31.2 Å². The van der Waals surface area contributed by atoms with Crippen molar-refractivity contribution >= 4 is 17.3 Å². The normalized spacial score (nSPS) is 12.3. The van der Waals surface area contributed by atoms with Gasteiger partial charge in [0.15, 0.2) is 0 Å². The molecule has 0 amide bonds. The van der Waals surface area contributed by atoms with Gasteiger partial charge in [-0.15, -0.1) is 0 Å². The van der Waals surface area contributed by atoms with E-state index in [0.29, 0.717) is 23.2 Å². The summed E-state index contributed by atoms with van der Waals surface area (Å²) in [5, 5.41) is 11.5. The molecule has 4 nitrogen and oxygen atoms in total. The number of halogens is 4. The number of benzene rings is 1. The molecule has 0 radical (unpaired) electrons. The third-order valence-electron chi connectivity index (χ3n) is 2.75. The van der Waals surface area contributed by atoms with Crippen LogP contribution in [0.5, 0.6) is 11.6 Å². The van der Waals surface area contributed by atoms with Gasteiger partial charge < -0.3 is 9.94 Å². The van der Waals surface area contributed by atoms with Crippen LogP contribution in [0.15, 0.2) is 41.7 Å². The second-order valence-electron chi connectivity index (χ2n) is 4.32. The smallest absolute Gasteiger partial charge is 0.417 e. The molecule has 22 heavy (non-hydrogen) atoms. The van der Waals surface area contributed by atoms with Gasteiger partial charge in [-0.05, 0) is 25.1 Å². The fourth-order valence-corrected chi connectivity index (χ4v) is 1.81. The number of pyridine rings is 1. The minimum atomic E-state index is -4.52. The zero-order chi connectivity index (χ0) is 16.3. The molecule has 0 aliphatic carbocycles. The molecule has 8 heteroatoms. The van der Waals surface area contributed by atoms with Crippen LogP contribution >= 0.6 is 11.6 Å².